The largest absolute Gasteiger partial charge is 0.325 e. The van der Waals surface area contributed by atoms with Gasteiger partial charge in [-0.25, -0.2) is 0 Å². The second-order valence-corrected chi connectivity index (χ2v) is 4.98. The fraction of sp³-hybridized carbons (Fsp3) is 1.00. The van der Waals surface area contributed by atoms with Crippen molar-refractivity contribution in [2.24, 2.45) is 5.73 Å². The van der Waals surface area contributed by atoms with E-state index < -0.39 is 0 Å². The minimum absolute atomic E-state index is 0.00627. The van der Waals surface area contributed by atoms with Crippen molar-refractivity contribution in [3.8, 4) is 0 Å². The Bertz CT molecular complexity index is 57.9. The molecule has 0 aliphatic carbocycles. The number of hydrogen-bond donors (Lipinski definition) is 1. The Labute approximate surface area is 59.2 Å². The van der Waals surface area contributed by atoms with Crippen molar-refractivity contribution < 1.29 is 0 Å². The third-order valence-corrected chi connectivity index (χ3v) is 2.71. The molecule has 0 aromatic carbocycles. The maximum absolute atomic E-state index is 5.69. The molecule has 0 unspecified atom stereocenters. The van der Waals surface area contributed by atoms with Crippen molar-refractivity contribution in [1.82, 2.24) is 0 Å². The van der Waals surface area contributed by atoms with E-state index in [2.05, 4.69) is 6.26 Å². The summed E-state index contributed by atoms with van der Waals surface area (Å²) < 4.78 is 0. The summed E-state index contributed by atoms with van der Waals surface area (Å²) in [6, 6.07) is 0. The van der Waals surface area contributed by atoms with Gasteiger partial charge < -0.3 is 5.73 Å². The van der Waals surface area contributed by atoms with Crippen LogP contribution >= 0.6 is 21.6 Å². The van der Waals surface area contributed by atoms with Gasteiger partial charge in [0, 0.05) is 11.3 Å². The lowest BCUT2D eigenvalue weighted by Gasteiger charge is -2.15. The molecule has 0 saturated heterocycles. The van der Waals surface area contributed by atoms with E-state index in [-0.39, 0.29) is 5.54 Å². The molecule has 0 aromatic rings. The lowest BCUT2D eigenvalue weighted by molar-refractivity contribution is 0.592. The highest BCUT2D eigenvalue weighted by atomic mass is 33.1. The van der Waals surface area contributed by atoms with Crippen LogP contribution in [0.1, 0.15) is 13.8 Å². The summed E-state index contributed by atoms with van der Waals surface area (Å²) in [6.07, 6.45) is 2.07. The Balaban J connectivity index is 3.11. The highest BCUT2D eigenvalue weighted by Crippen LogP contribution is 2.20. The second-order valence-electron chi connectivity index (χ2n) is 2.42. The van der Waals surface area contributed by atoms with Gasteiger partial charge in [0.15, 0.2) is 0 Å². The van der Waals surface area contributed by atoms with Gasteiger partial charge in [-0.2, -0.15) is 0 Å². The van der Waals surface area contributed by atoms with Crippen molar-refractivity contribution in [3.05, 3.63) is 0 Å². The first-order valence-electron chi connectivity index (χ1n) is 2.51. The molecule has 2 N–H and O–H groups in total. The van der Waals surface area contributed by atoms with Gasteiger partial charge in [0.25, 0.3) is 0 Å². The van der Waals surface area contributed by atoms with Crippen LogP contribution in [0.5, 0.6) is 0 Å². The van der Waals surface area contributed by atoms with Gasteiger partial charge in [-0.15, -0.1) is 0 Å². The van der Waals surface area contributed by atoms with E-state index in [0.29, 0.717) is 0 Å². The molecule has 50 valence electrons. The first kappa shape index (κ1) is 8.66. The predicted octanol–water partition coefficient (Wildman–Crippen LogP) is 1.73. The molecule has 0 aliphatic heterocycles. The van der Waals surface area contributed by atoms with Crippen LogP contribution in [0.4, 0.5) is 0 Å². The zero-order valence-electron chi connectivity index (χ0n) is 5.60. The molecular formula is C5H13NS2. The summed E-state index contributed by atoms with van der Waals surface area (Å²) in [5.74, 6) is 1.02. The topological polar surface area (TPSA) is 26.0 Å². The molecule has 0 heterocycles. The average Bonchev–Trinajstić information content (AvgIpc) is 1.59. The van der Waals surface area contributed by atoms with Crippen LogP contribution in [-0.2, 0) is 0 Å². The standard InChI is InChI=1S/C5H13NS2/c1-5(2,6)4-8-7-3/h4,6H2,1-3H3. The molecule has 0 rings (SSSR count). The molecule has 0 bridgehead atoms. The van der Waals surface area contributed by atoms with Gasteiger partial charge in [0.2, 0.25) is 0 Å². The molecule has 8 heavy (non-hydrogen) atoms. The van der Waals surface area contributed by atoms with Crippen molar-refractivity contribution >= 4 is 21.6 Å². The van der Waals surface area contributed by atoms with Gasteiger partial charge >= 0.3 is 0 Å². The van der Waals surface area contributed by atoms with Crippen LogP contribution in [0, 0.1) is 0 Å². The maximum atomic E-state index is 5.69. The Hall–Kier alpha value is 0.660. The molecule has 0 radical (unpaired) electrons. The van der Waals surface area contributed by atoms with Crippen LogP contribution < -0.4 is 5.73 Å². The molecular weight excluding hydrogens is 138 g/mol. The summed E-state index contributed by atoms with van der Waals surface area (Å²) in [7, 11) is 3.57. The number of nitrogens with two attached hydrogens (primary N) is 1. The first-order chi connectivity index (χ1) is 3.56. The van der Waals surface area contributed by atoms with E-state index >= 15 is 0 Å². The van der Waals surface area contributed by atoms with Crippen LogP contribution in [0.2, 0.25) is 0 Å². The van der Waals surface area contributed by atoms with Crippen molar-refractivity contribution in [2.45, 2.75) is 19.4 Å². The summed E-state index contributed by atoms with van der Waals surface area (Å²) in [6.45, 7) is 4.08. The van der Waals surface area contributed by atoms with E-state index in [1.807, 2.05) is 13.8 Å². The second kappa shape index (κ2) is 3.64. The molecule has 0 aromatic heterocycles. The maximum Gasteiger partial charge on any atom is 0.0212 e. The Morgan fingerprint density at radius 3 is 2.12 bits per heavy atom. The Morgan fingerprint density at radius 1 is 1.50 bits per heavy atom. The summed E-state index contributed by atoms with van der Waals surface area (Å²) in [5.41, 5.74) is 5.68. The highest BCUT2D eigenvalue weighted by Gasteiger charge is 2.08. The lowest BCUT2D eigenvalue weighted by Crippen LogP contribution is -2.34. The molecule has 0 fully saturated rings. The van der Waals surface area contributed by atoms with Crippen LogP contribution in [-0.4, -0.2) is 17.5 Å². The third-order valence-electron chi connectivity index (χ3n) is 0.549. The third kappa shape index (κ3) is 6.66. The first-order valence-corrected chi connectivity index (χ1v) is 5.23. The zero-order valence-corrected chi connectivity index (χ0v) is 7.23. The molecule has 0 saturated carbocycles. The molecule has 0 aliphatic rings. The monoisotopic (exact) mass is 151 g/mol. The van der Waals surface area contributed by atoms with E-state index in [0.717, 1.165) is 5.75 Å². The minimum atomic E-state index is -0.00627. The van der Waals surface area contributed by atoms with Gasteiger partial charge in [-0.3, -0.25) is 0 Å². The number of hydrogen-bond acceptors (Lipinski definition) is 3. The summed E-state index contributed by atoms with van der Waals surface area (Å²) in [5, 5.41) is 0. The fourth-order valence-electron chi connectivity index (χ4n) is 0.211. The van der Waals surface area contributed by atoms with E-state index in [9.17, 15) is 0 Å². The van der Waals surface area contributed by atoms with Crippen molar-refractivity contribution in [2.75, 3.05) is 12.0 Å². The Kier molecular flexibility index (Phi) is 3.94. The van der Waals surface area contributed by atoms with Crippen molar-refractivity contribution in [1.29, 1.82) is 0 Å². The van der Waals surface area contributed by atoms with Crippen LogP contribution in [0.15, 0.2) is 0 Å². The fourth-order valence-corrected chi connectivity index (χ4v) is 1.90. The molecule has 0 spiro atoms. The van der Waals surface area contributed by atoms with Crippen molar-refractivity contribution in [3.63, 3.8) is 0 Å². The summed E-state index contributed by atoms with van der Waals surface area (Å²) >= 11 is 0. The number of rotatable bonds is 3. The normalized spacial score (nSPS) is 12.0. The van der Waals surface area contributed by atoms with Crippen LogP contribution in [0.25, 0.3) is 0 Å². The van der Waals surface area contributed by atoms with Crippen LogP contribution in [0.3, 0.4) is 0 Å². The average molecular weight is 151 g/mol. The van der Waals surface area contributed by atoms with Gasteiger partial charge in [-0.1, -0.05) is 21.6 Å². The van der Waals surface area contributed by atoms with Gasteiger partial charge in [-0.05, 0) is 20.1 Å². The van der Waals surface area contributed by atoms with Gasteiger partial charge in [0.05, 0.1) is 0 Å². The SMILES string of the molecule is CSSCC(C)(C)N. The molecule has 3 heteroatoms. The van der Waals surface area contributed by atoms with E-state index in [1.54, 1.807) is 21.6 Å². The summed E-state index contributed by atoms with van der Waals surface area (Å²) in [4.78, 5) is 0. The Morgan fingerprint density at radius 2 is 2.00 bits per heavy atom. The molecule has 0 amide bonds. The smallest absolute Gasteiger partial charge is 0.0212 e. The minimum Gasteiger partial charge on any atom is -0.325 e. The quantitative estimate of drug-likeness (QED) is 0.622. The predicted molar refractivity (Wildman–Crippen MR) is 44.2 cm³/mol. The molecule has 0 atom stereocenters. The lowest BCUT2D eigenvalue weighted by atomic mass is 10.1. The zero-order chi connectivity index (χ0) is 6.62. The van der Waals surface area contributed by atoms with E-state index in [4.69, 9.17) is 5.73 Å². The van der Waals surface area contributed by atoms with E-state index in [1.165, 1.54) is 0 Å². The van der Waals surface area contributed by atoms with Gasteiger partial charge in [0.1, 0.15) is 0 Å². The molecule has 1 nitrogen and oxygen atoms in total. The highest BCUT2D eigenvalue weighted by molar-refractivity contribution is 8.76.